The molecule has 1 aromatic heterocycles. The van der Waals surface area contributed by atoms with Gasteiger partial charge < -0.3 is 10.1 Å². The number of methoxy groups -OCH3 is 1. The molecule has 0 spiro atoms. The van der Waals surface area contributed by atoms with Gasteiger partial charge in [0, 0.05) is 31.7 Å². The fraction of sp³-hybridized carbons (Fsp3) is 0.471. The topological polar surface area (TPSA) is 63.1 Å². The lowest BCUT2D eigenvalue weighted by molar-refractivity contribution is 0.408. The number of hydrazine groups is 1. The van der Waals surface area contributed by atoms with E-state index < -0.39 is 0 Å². The first-order chi connectivity index (χ1) is 11.3. The van der Waals surface area contributed by atoms with Crippen molar-refractivity contribution >= 4 is 0 Å². The van der Waals surface area contributed by atoms with Crippen LogP contribution >= 0.6 is 0 Å². The molecule has 124 valence electrons. The quantitative estimate of drug-likeness (QED) is 0.671. The summed E-state index contributed by atoms with van der Waals surface area (Å²) in [5, 5.41) is 7.85. The zero-order chi connectivity index (χ0) is 16.1. The minimum atomic E-state index is 0.296. The van der Waals surface area contributed by atoms with Crippen LogP contribution in [0, 0.1) is 12.8 Å². The van der Waals surface area contributed by atoms with Crippen molar-refractivity contribution in [2.75, 3.05) is 26.7 Å². The summed E-state index contributed by atoms with van der Waals surface area (Å²) in [6.45, 7) is 5.79. The van der Waals surface area contributed by atoms with E-state index in [0.717, 1.165) is 31.9 Å². The van der Waals surface area contributed by atoms with Crippen LogP contribution in [0.4, 0.5) is 0 Å². The molecule has 3 N–H and O–H groups in total. The molecule has 1 saturated heterocycles. The largest absolute Gasteiger partial charge is 0.497 e. The summed E-state index contributed by atoms with van der Waals surface area (Å²) in [6, 6.07) is 8.56. The minimum absolute atomic E-state index is 0.296. The fourth-order valence-corrected chi connectivity index (χ4v) is 2.99. The van der Waals surface area contributed by atoms with Gasteiger partial charge in [-0.2, -0.15) is 5.10 Å². The summed E-state index contributed by atoms with van der Waals surface area (Å²) in [5.74, 6) is 1.40. The smallest absolute Gasteiger partial charge is 0.119 e. The Hall–Kier alpha value is -1.89. The first-order valence-corrected chi connectivity index (χ1v) is 8.08. The Kier molecular flexibility index (Phi) is 5.27. The van der Waals surface area contributed by atoms with Gasteiger partial charge in [-0.1, -0.05) is 12.1 Å². The van der Waals surface area contributed by atoms with Crippen LogP contribution in [0.3, 0.4) is 0 Å². The van der Waals surface area contributed by atoms with Gasteiger partial charge in [0.15, 0.2) is 0 Å². The minimum Gasteiger partial charge on any atom is -0.497 e. The van der Waals surface area contributed by atoms with Gasteiger partial charge in [0.2, 0.25) is 0 Å². The Morgan fingerprint density at radius 2 is 2.35 bits per heavy atom. The van der Waals surface area contributed by atoms with Gasteiger partial charge in [-0.3, -0.25) is 10.1 Å². The molecule has 1 fully saturated rings. The molecular weight excluding hydrogens is 290 g/mol. The second-order valence-electron chi connectivity index (χ2n) is 6.02. The van der Waals surface area contributed by atoms with Crippen molar-refractivity contribution in [1.82, 2.24) is 25.9 Å². The van der Waals surface area contributed by atoms with Crippen LogP contribution in [0.25, 0.3) is 0 Å². The molecule has 23 heavy (non-hydrogen) atoms. The van der Waals surface area contributed by atoms with E-state index in [2.05, 4.69) is 46.5 Å². The SMILES string of the molecule is COc1cccc(C2NNCC2CNCCn2cc(C)cn2)c1. The van der Waals surface area contributed by atoms with Crippen molar-refractivity contribution in [3.05, 3.63) is 47.8 Å². The third-order valence-corrected chi connectivity index (χ3v) is 4.23. The number of aromatic nitrogens is 2. The van der Waals surface area contributed by atoms with E-state index in [1.807, 2.05) is 23.0 Å². The van der Waals surface area contributed by atoms with Crippen LogP contribution in [0.1, 0.15) is 17.2 Å². The van der Waals surface area contributed by atoms with Crippen molar-refractivity contribution < 1.29 is 4.74 Å². The van der Waals surface area contributed by atoms with Gasteiger partial charge >= 0.3 is 0 Å². The van der Waals surface area contributed by atoms with E-state index in [-0.39, 0.29) is 0 Å². The molecule has 0 amide bonds. The number of aryl methyl sites for hydroxylation is 1. The van der Waals surface area contributed by atoms with Crippen molar-refractivity contribution in [2.24, 2.45) is 5.92 Å². The number of nitrogens with zero attached hydrogens (tertiary/aromatic N) is 2. The summed E-state index contributed by atoms with van der Waals surface area (Å²) >= 11 is 0. The molecule has 2 heterocycles. The summed E-state index contributed by atoms with van der Waals surface area (Å²) in [6.07, 6.45) is 3.96. The Labute approximate surface area is 137 Å². The van der Waals surface area contributed by atoms with Crippen LogP contribution < -0.4 is 20.9 Å². The lowest BCUT2D eigenvalue weighted by Gasteiger charge is -2.20. The highest BCUT2D eigenvalue weighted by molar-refractivity contribution is 5.31. The molecule has 3 rings (SSSR count). The van der Waals surface area contributed by atoms with E-state index >= 15 is 0 Å². The number of ether oxygens (including phenoxy) is 1. The van der Waals surface area contributed by atoms with E-state index in [1.165, 1.54) is 11.1 Å². The molecule has 6 nitrogen and oxygen atoms in total. The first kappa shape index (κ1) is 16.0. The Morgan fingerprint density at radius 3 is 3.13 bits per heavy atom. The van der Waals surface area contributed by atoms with E-state index in [1.54, 1.807) is 7.11 Å². The summed E-state index contributed by atoms with van der Waals surface area (Å²) in [5.41, 5.74) is 9.10. The molecule has 0 aliphatic carbocycles. The second kappa shape index (κ2) is 7.59. The Morgan fingerprint density at radius 1 is 1.43 bits per heavy atom. The van der Waals surface area contributed by atoms with Crippen molar-refractivity contribution in [3.63, 3.8) is 0 Å². The van der Waals surface area contributed by atoms with E-state index in [9.17, 15) is 0 Å². The highest BCUT2D eigenvalue weighted by Gasteiger charge is 2.27. The standard InChI is InChI=1S/C17H25N5O/c1-13-9-20-22(12-13)7-6-18-10-15-11-19-21-17(15)14-4-3-5-16(8-14)23-2/h3-5,8-9,12,15,17-19,21H,6-7,10-11H2,1-2H3. The summed E-state index contributed by atoms with van der Waals surface area (Å²) in [4.78, 5) is 0. The predicted octanol–water partition coefficient (Wildman–Crippen LogP) is 1.26. The van der Waals surface area contributed by atoms with Crippen LogP contribution in [0.2, 0.25) is 0 Å². The molecule has 6 heteroatoms. The average molecular weight is 315 g/mol. The normalized spacial score (nSPS) is 20.8. The molecule has 1 aliphatic heterocycles. The summed E-state index contributed by atoms with van der Waals surface area (Å²) < 4.78 is 7.30. The number of nitrogens with one attached hydrogen (secondary N) is 3. The highest BCUT2D eigenvalue weighted by Crippen LogP contribution is 2.26. The summed E-state index contributed by atoms with van der Waals surface area (Å²) in [7, 11) is 1.70. The van der Waals surface area contributed by atoms with Crippen molar-refractivity contribution in [1.29, 1.82) is 0 Å². The number of hydrogen-bond donors (Lipinski definition) is 3. The maximum absolute atomic E-state index is 5.33. The number of benzene rings is 1. The van der Waals surface area contributed by atoms with Crippen molar-refractivity contribution in [3.8, 4) is 5.75 Å². The van der Waals surface area contributed by atoms with Crippen LogP contribution in [-0.4, -0.2) is 36.5 Å². The van der Waals surface area contributed by atoms with Gasteiger partial charge in [-0.15, -0.1) is 0 Å². The lowest BCUT2D eigenvalue weighted by Crippen LogP contribution is -2.30. The molecule has 1 aliphatic rings. The number of rotatable bonds is 7. The molecule has 0 saturated carbocycles. The number of hydrogen-bond acceptors (Lipinski definition) is 5. The third kappa shape index (κ3) is 4.10. The molecule has 2 unspecified atom stereocenters. The molecule has 2 aromatic rings. The predicted molar refractivity (Wildman–Crippen MR) is 90.2 cm³/mol. The van der Waals surface area contributed by atoms with Crippen LogP contribution in [0.15, 0.2) is 36.7 Å². The second-order valence-corrected chi connectivity index (χ2v) is 6.02. The zero-order valence-corrected chi connectivity index (χ0v) is 13.7. The van der Waals surface area contributed by atoms with Gasteiger partial charge in [-0.05, 0) is 30.2 Å². The van der Waals surface area contributed by atoms with Crippen molar-refractivity contribution in [2.45, 2.75) is 19.5 Å². The molecule has 0 radical (unpaired) electrons. The lowest BCUT2D eigenvalue weighted by atomic mass is 9.95. The monoisotopic (exact) mass is 315 g/mol. The zero-order valence-electron chi connectivity index (χ0n) is 13.7. The Balaban J connectivity index is 1.50. The molecular formula is C17H25N5O. The Bertz CT molecular complexity index is 627. The maximum atomic E-state index is 5.33. The molecule has 0 bridgehead atoms. The highest BCUT2D eigenvalue weighted by atomic mass is 16.5. The first-order valence-electron chi connectivity index (χ1n) is 8.08. The van der Waals surface area contributed by atoms with Gasteiger partial charge in [0.1, 0.15) is 5.75 Å². The average Bonchev–Trinajstić information content (AvgIpc) is 3.20. The van der Waals surface area contributed by atoms with Gasteiger partial charge in [0.05, 0.1) is 25.9 Å². The van der Waals surface area contributed by atoms with E-state index in [0.29, 0.717) is 12.0 Å². The van der Waals surface area contributed by atoms with Crippen LogP contribution in [0.5, 0.6) is 5.75 Å². The molecule has 1 aromatic carbocycles. The fourth-order valence-electron chi connectivity index (χ4n) is 2.99. The van der Waals surface area contributed by atoms with Crippen LogP contribution in [-0.2, 0) is 6.54 Å². The van der Waals surface area contributed by atoms with Gasteiger partial charge in [-0.25, -0.2) is 5.43 Å². The van der Waals surface area contributed by atoms with Gasteiger partial charge in [0.25, 0.3) is 0 Å². The van der Waals surface area contributed by atoms with E-state index in [4.69, 9.17) is 4.74 Å². The third-order valence-electron chi connectivity index (χ3n) is 4.23. The molecule has 2 atom stereocenters. The maximum Gasteiger partial charge on any atom is 0.119 e.